The number of aryl methyl sites for hydroxylation is 1. The van der Waals surface area contributed by atoms with Gasteiger partial charge >= 0.3 is 0 Å². The summed E-state index contributed by atoms with van der Waals surface area (Å²) in [6.07, 6.45) is 0.187. The molecule has 0 radical (unpaired) electrons. The van der Waals surface area contributed by atoms with E-state index in [-0.39, 0.29) is 32.8 Å². The molecule has 0 aliphatic carbocycles. The molecule has 212 valence electrons. The first-order chi connectivity index (χ1) is 19.6. The average Bonchev–Trinajstić information content (AvgIpc) is 3.66. The van der Waals surface area contributed by atoms with Crippen LogP contribution in [-0.2, 0) is 13.3 Å². The van der Waals surface area contributed by atoms with Crippen LogP contribution >= 0.6 is 34.5 Å². The van der Waals surface area contributed by atoms with Gasteiger partial charge < -0.3 is 15.8 Å². The van der Waals surface area contributed by atoms with E-state index in [0.717, 1.165) is 11.3 Å². The molecule has 0 unspecified atom stereocenters. The maximum absolute atomic E-state index is 13.8. The van der Waals surface area contributed by atoms with Crippen LogP contribution in [0.2, 0.25) is 10.0 Å². The lowest BCUT2D eigenvalue weighted by Gasteiger charge is -2.11. The van der Waals surface area contributed by atoms with Gasteiger partial charge in [-0.05, 0) is 43.7 Å². The molecule has 1 aromatic carbocycles. The van der Waals surface area contributed by atoms with Crippen LogP contribution < -0.4 is 15.8 Å². The number of pyridine rings is 1. The Morgan fingerprint density at radius 2 is 2.00 bits per heavy atom. The van der Waals surface area contributed by atoms with Gasteiger partial charge in [0.1, 0.15) is 26.2 Å². The summed E-state index contributed by atoms with van der Waals surface area (Å²) < 4.78 is 36.3. The fourth-order valence-corrected chi connectivity index (χ4v) is 5.59. The number of nitrogens with one attached hydrogen (secondary N) is 1. The second-order valence-electron chi connectivity index (χ2n) is 8.73. The molecular weight excluding hydrogens is 599 g/mol. The van der Waals surface area contributed by atoms with Gasteiger partial charge in [-0.2, -0.15) is 10.2 Å². The highest BCUT2D eigenvalue weighted by Gasteiger charge is 2.27. The highest BCUT2D eigenvalue weighted by molar-refractivity contribution is 7.21. The van der Waals surface area contributed by atoms with E-state index in [1.165, 1.54) is 23.0 Å². The molecule has 0 bridgehead atoms. The molecule has 10 nitrogen and oxygen atoms in total. The number of aromatic nitrogens is 5. The Morgan fingerprint density at radius 3 is 2.68 bits per heavy atom. The molecule has 3 N–H and O–H groups in total. The standard InChI is InChI=1S/C26H21Cl2F2N7O3S/c1-3-37-12(2)14(10-32-37)13-9-17(23(29)30)33-26-19(13)21(22(41-26)24(31)38)34-25(39)16-7-8-36(35-16)11-40-18-6-4-5-15(27)20(18)28/h4-10,23H,3,11H2,1-2H3,(H2,31,38)(H,34,39). The number of halogens is 4. The van der Waals surface area contributed by atoms with Crippen molar-refractivity contribution in [2.24, 2.45) is 5.73 Å². The Labute approximate surface area is 245 Å². The Morgan fingerprint density at radius 1 is 1.22 bits per heavy atom. The number of thiophene rings is 1. The highest BCUT2D eigenvalue weighted by atomic mass is 35.5. The van der Waals surface area contributed by atoms with Crippen LogP contribution in [0.4, 0.5) is 14.5 Å². The number of anilines is 1. The van der Waals surface area contributed by atoms with E-state index in [9.17, 15) is 18.4 Å². The van der Waals surface area contributed by atoms with Gasteiger partial charge in [-0.15, -0.1) is 11.3 Å². The Hall–Kier alpha value is -4.07. The number of nitrogens with two attached hydrogens (primary N) is 1. The molecule has 0 aliphatic rings. The summed E-state index contributed by atoms with van der Waals surface area (Å²) in [5.41, 5.74) is 6.78. The largest absolute Gasteiger partial charge is 0.470 e. The SMILES string of the molecule is CCn1ncc(-c2cc(C(F)F)nc3sc(C(N)=O)c(NC(=O)c4ccn(COc5cccc(Cl)c5Cl)n4)c23)c1C. The maximum atomic E-state index is 13.8. The molecule has 2 amide bonds. The van der Waals surface area contributed by atoms with Gasteiger partial charge in [0.15, 0.2) is 12.4 Å². The van der Waals surface area contributed by atoms with Crippen LogP contribution in [0.15, 0.2) is 42.7 Å². The Bertz CT molecular complexity index is 1800. The minimum Gasteiger partial charge on any atom is -0.470 e. The van der Waals surface area contributed by atoms with Crippen LogP contribution in [0.25, 0.3) is 21.3 Å². The molecule has 5 aromatic rings. The first-order valence-electron chi connectivity index (χ1n) is 12.1. The van der Waals surface area contributed by atoms with E-state index in [4.69, 9.17) is 33.7 Å². The Balaban J connectivity index is 1.52. The number of fused-ring (bicyclic) bond motifs is 1. The molecule has 4 aromatic heterocycles. The number of hydrogen-bond donors (Lipinski definition) is 2. The van der Waals surface area contributed by atoms with Crippen molar-refractivity contribution in [1.29, 1.82) is 0 Å². The molecule has 0 fully saturated rings. The number of nitrogens with zero attached hydrogens (tertiary/aromatic N) is 5. The normalized spacial score (nSPS) is 11.4. The molecule has 41 heavy (non-hydrogen) atoms. The monoisotopic (exact) mass is 619 g/mol. The first kappa shape index (κ1) is 28.5. The first-order valence-corrected chi connectivity index (χ1v) is 13.7. The molecule has 0 aliphatic heterocycles. The predicted molar refractivity (Wildman–Crippen MR) is 152 cm³/mol. The van der Waals surface area contributed by atoms with Crippen molar-refractivity contribution < 1.29 is 23.1 Å². The lowest BCUT2D eigenvalue weighted by atomic mass is 10.0. The topological polar surface area (TPSA) is 130 Å². The zero-order valence-electron chi connectivity index (χ0n) is 21.5. The summed E-state index contributed by atoms with van der Waals surface area (Å²) in [5.74, 6) is -1.19. The molecule has 0 atom stereocenters. The van der Waals surface area contributed by atoms with Crippen molar-refractivity contribution in [3.05, 3.63) is 74.7 Å². The molecule has 5 rings (SSSR count). The van der Waals surface area contributed by atoms with Crippen molar-refractivity contribution in [3.63, 3.8) is 0 Å². The van der Waals surface area contributed by atoms with Crippen LogP contribution in [0, 0.1) is 6.92 Å². The van der Waals surface area contributed by atoms with Gasteiger partial charge in [0.05, 0.1) is 16.9 Å². The van der Waals surface area contributed by atoms with Gasteiger partial charge in [-0.25, -0.2) is 18.4 Å². The molecule has 0 spiro atoms. The minimum absolute atomic E-state index is 0.00532. The second-order valence-corrected chi connectivity index (χ2v) is 10.5. The van der Waals surface area contributed by atoms with E-state index >= 15 is 0 Å². The predicted octanol–water partition coefficient (Wildman–Crippen LogP) is 6.32. The molecule has 15 heteroatoms. The lowest BCUT2D eigenvalue weighted by molar-refractivity contribution is 0.100. The van der Waals surface area contributed by atoms with Gasteiger partial charge in [-0.1, -0.05) is 29.3 Å². The van der Waals surface area contributed by atoms with Crippen molar-refractivity contribution in [2.45, 2.75) is 33.5 Å². The number of hydrogen-bond acceptors (Lipinski definition) is 7. The third-order valence-corrected chi connectivity index (χ3v) is 8.10. The number of rotatable bonds is 9. The third-order valence-electron chi connectivity index (χ3n) is 6.20. The highest BCUT2D eigenvalue weighted by Crippen LogP contribution is 2.43. The molecule has 4 heterocycles. The molecular formula is C26H21Cl2F2N7O3S. The van der Waals surface area contributed by atoms with Gasteiger partial charge in [0, 0.05) is 29.4 Å². The lowest BCUT2D eigenvalue weighted by Crippen LogP contribution is -2.18. The van der Waals surface area contributed by atoms with Gasteiger partial charge in [0.2, 0.25) is 0 Å². The Kier molecular flexibility index (Phi) is 7.93. The maximum Gasteiger partial charge on any atom is 0.280 e. The number of benzene rings is 1. The van der Waals surface area contributed by atoms with E-state index in [2.05, 4.69) is 20.5 Å². The minimum atomic E-state index is -2.87. The number of amides is 2. The number of primary amides is 1. The van der Waals surface area contributed by atoms with Gasteiger partial charge in [-0.3, -0.25) is 14.3 Å². The van der Waals surface area contributed by atoms with Crippen molar-refractivity contribution in [2.75, 3.05) is 5.32 Å². The number of carbonyl (C=O) groups excluding carboxylic acids is 2. The zero-order chi connectivity index (χ0) is 29.4. The number of ether oxygens (including phenoxy) is 1. The molecule has 0 saturated carbocycles. The smallest absolute Gasteiger partial charge is 0.280 e. The summed E-state index contributed by atoms with van der Waals surface area (Å²) in [6, 6.07) is 7.61. The quantitative estimate of drug-likeness (QED) is 0.199. The van der Waals surface area contributed by atoms with Gasteiger partial charge in [0.25, 0.3) is 18.2 Å². The van der Waals surface area contributed by atoms with E-state index in [0.29, 0.717) is 39.5 Å². The summed E-state index contributed by atoms with van der Waals surface area (Å²) >= 11 is 13.0. The van der Waals surface area contributed by atoms with Crippen LogP contribution in [0.3, 0.4) is 0 Å². The zero-order valence-corrected chi connectivity index (χ0v) is 23.8. The van der Waals surface area contributed by atoms with Crippen LogP contribution in [-0.4, -0.2) is 36.4 Å². The average molecular weight is 620 g/mol. The molecule has 0 saturated heterocycles. The fraction of sp³-hybridized carbons (Fsp3) is 0.192. The van der Waals surface area contributed by atoms with Crippen LogP contribution in [0.5, 0.6) is 5.75 Å². The summed E-state index contributed by atoms with van der Waals surface area (Å²) in [5, 5.41) is 12.1. The van der Waals surface area contributed by atoms with Crippen molar-refractivity contribution in [1.82, 2.24) is 24.5 Å². The van der Waals surface area contributed by atoms with E-state index in [1.54, 1.807) is 36.0 Å². The van der Waals surface area contributed by atoms with Crippen molar-refractivity contribution >= 4 is 62.3 Å². The fourth-order valence-electron chi connectivity index (χ4n) is 4.23. The van der Waals surface area contributed by atoms with Crippen LogP contribution in [0.1, 0.15) is 44.9 Å². The van der Waals surface area contributed by atoms with Crippen molar-refractivity contribution in [3.8, 4) is 16.9 Å². The summed E-state index contributed by atoms with van der Waals surface area (Å²) in [7, 11) is 0. The third kappa shape index (κ3) is 5.47. The summed E-state index contributed by atoms with van der Waals surface area (Å²) in [4.78, 5) is 29.8. The second kappa shape index (κ2) is 11.4. The summed E-state index contributed by atoms with van der Waals surface area (Å²) in [6.45, 7) is 4.17. The number of carbonyl (C=O) groups is 2. The van der Waals surface area contributed by atoms with E-state index in [1.807, 2.05) is 6.92 Å². The van der Waals surface area contributed by atoms with E-state index < -0.39 is 23.9 Å². The number of alkyl halides is 2.